The summed E-state index contributed by atoms with van der Waals surface area (Å²) in [6.07, 6.45) is 0. The van der Waals surface area contributed by atoms with Crippen LogP contribution in [-0.2, 0) is 6.54 Å². The Hall–Kier alpha value is -1.33. The molecule has 0 amide bonds. The molecule has 2 aromatic heterocycles. The highest BCUT2D eigenvalue weighted by molar-refractivity contribution is 7.16. The lowest BCUT2D eigenvalue weighted by atomic mass is 10.1. The molecule has 0 spiro atoms. The number of halogens is 1. The molecule has 0 aliphatic heterocycles. The average molecular weight is 336 g/mol. The highest BCUT2D eigenvalue weighted by atomic mass is 35.5. The Morgan fingerprint density at radius 1 is 1.05 bits per heavy atom. The first-order valence-corrected chi connectivity index (χ1v) is 8.60. The average Bonchev–Trinajstić information content (AvgIpc) is 3.13. The Morgan fingerprint density at radius 2 is 1.86 bits per heavy atom. The maximum absolute atomic E-state index is 9.33. The number of nitrogens with one attached hydrogen (secondary N) is 1. The third-order valence-electron chi connectivity index (χ3n) is 3.15. The summed E-state index contributed by atoms with van der Waals surface area (Å²) in [6.45, 7) is 0.734. The Morgan fingerprint density at radius 3 is 2.48 bits per heavy atom. The summed E-state index contributed by atoms with van der Waals surface area (Å²) in [5.74, 6) is 0.290. The third kappa shape index (κ3) is 3.66. The van der Waals surface area contributed by atoms with Crippen molar-refractivity contribution in [2.24, 2.45) is 0 Å². The number of thiophene rings is 2. The molecule has 5 heteroatoms. The van der Waals surface area contributed by atoms with E-state index in [1.54, 1.807) is 34.8 Å². The van der Waals surface area contributed by atoms with Crippen LogP contribution in [0, 0.1) is 0 Å². The summed E-state index contributed by atoms with van der Waals surface area (Å²) in [6, 6.07) is 15.6. The Kier molecular flexibility index (Phi) is 4.60. The van der Waals surface area contributed by atoms with Gasteiger partial charge in [0.2, 0.25) is 0 Å². The van der Waals surface area contributed by atoms with E-state index in [0.29, 0.717) is 5.75 Å². The second-order valence-electron chi connectivity index (χ2n) is 4.64. The summed E-state index contributed by atoms with van der Waals surface area (Å²) in [5, 5.41) is 15.0. The number of rotatable bonds is 5. The first kappa shape index (κ1) is 14.6. The van der Waals surface area contributed by atoms with Crippen LogP contribution in [0.4, 0.5) is 0 Å². The molecular weight excluding hydrogens is 322 g/mol. The van der Waals surface area contributed by atoms with Crippen molar-refractivity contribution in [1.29, 1.82) is 0 Å². The molecule has 1 aromatic carbocycles. The number of hydrogen-bond donors (Lipinski definition) is 2. The minimum absolute atomic E-state index is 0.149. The maximum atomic E-state index is 9.33. The molecule has 3 rings (SSSR count). The molecule has 108 valence electrons. The summed E-state index contributed by atoms with van der Waals surface area (Å²) < 4.78 is 0.804. The van der Waals surface area contributed by atoms with E-state index in [1.807, 2.05) is 18.2 Å². The van der Waals surface area contributed by atoms with Gasteiger partial charge < -0.3 is 10.4 Å². The molecule has 0 aliphatic carbocycles. The largest absolute Gasteiger partial charge is 0.508 e. The van der Waals surface area contributed by atoms with Gasteiger partial charge in [-0.1, -0.05) is 29.8 Å². The van der Waals surface area contributed by atoms with Gasteiger partial charge in [0.05, 0.1) is 10.4 Å². The topological polar surface area (TPSA) is 32.3 Å². The zero-order chi connectivity index (χ0) is 14.7. The fraction of sp³-hybridized carbons (Fsp3) is 0.125. The first-order valence-electron chi connectivity index (χ1n) is 6.52. The van der Waals surface area contributed by atoms with E-state index in [-0.39, 0.29) is 6.04 Å². The zero-order valence-electron chi connectivity index (χ0n) is 11.1. The molecule has 0 saturated carbocycles. The van der Waals surface area contributed by atoms with E-state index in [9.17, 15) is 5.11 Å². The third-order valence-corrected chi connectivity index (χ3v) is 5.39. The van der Waals surface area contributed by atoms with E-state index < -0.39 is 0 Å². The smallest absolute Gasteiger partial charge is 0.115 e. The van der Waals surface area contributed by atoms with Gasteiger partial charge in [-0.2, -0.15) is 0 Å². The van der Waals surface area contributed by atoms with Crippen molar-refractivity contribution >= 4 is 34.3 Å². The van der Waals surface area contributed by atoms with Crippen molar-refractivity contribution in [3.63, 3.8) is 0 Å². The van der Waals surface area contributed by atoms with Gasteiger partial charge in [-0.15, -0.1) is 22.7 Å². The number of phenols is 1. The van der Waals surface area contributed by atoms with E-state index in [4.69, 9.17) is 11.6 Å². The van der Waals surface area contributed by atoms with Crippen molar-refractivity contribution in [3.05, 3.63) is 73.6 Å². The Balaban J connectivity index is 1.78. The van der Waals surface area contributed by atoms with Crippen molar-refractivity contribution in [2.45, 2.75) is 12.6 Å². The lowest BCUT2D eigenvalue weighted by molar-refractivity contribution is 0.475. The molecule has 0 saturated heterocycles. The Labute approximate surface area is 136 Å². The normalized spacial score (nSPS) is 12.4. The monoisotopic (exact) mass is 335 g/mol. The molecule has 1 atom stereocenters. The summed E-state index contributed by atoms with van der Waals surface area (Å²) in [7, 11) is 0. The molecule has 0 aliphatic rings. The maximum Gasteiger partial charge on any atom is 0.115 e. The minimum atomic E-state index is 0.149. The van der Waals surface area contributed by atoms with Gasteiger partial charge in [0.15, 0.2) is 0 Å². The molecule has 1 unspecified atom stereocenters. The molecular formula is C16H14ClNOS2. The quantitative estimate of drug-likeness (QED) is 0.684. The number of aromatic hydroxyl groups is 1. The second kappa shape index (κ2) is 6.62. The number of benzene rings is 1. The highest BCUT2D eigenvalue weighted by Gasteiger charge is 2.16. The molecule has 0 fully saturated rings. The molecule has 0 radical (unpaired) electrons. The summed E-state index contributed by atoms with van der Waals surface area (Å²) >= 11 is 9.40. The SMILES string of the molecule is Oc1ccc(CNC(c2cccs2)c2ccc(Cl)s2)cc1. The molecule has 2 N–H and O–H groups in total. The predicted octanol–water partition coefficient (Wildman–Crippen LogP) is 5.05. The van der Waals surface area contributed by atoms with Crippen molar-refractivity contribution in [1.82, 2.24) is 5.32 Å². The van der Waals surface area contributed by atoms with Crippen LogP contribution in [0.1, 0.15) is 21.4 Å². The number of phenolic OH excluding ortho intramolecular Hbond substituents is 1. The van der Waals surface area contributed by atoms with Crippen molar-refractivity contribution in [2.75, 3.05) is 0 Å². The molecule has 0 bridgehead atoms. The second-order valence-corrected chi connectivity index (χ2v) is 7.36. The van der Waals surface area contributed by atoms with E-state index in [0.717, 1.165) is 16.4 Å². The van der Waals surface area contributed by atoms with Crippen molar-refractivity contribution in [3.8, 4) is 5.75 Å². The van der Waals surface area contributed by atoms with Gasteiger partial charge in [-0.25, -0.2) is 0 Å². The van der Waals surface area contributed by atoms with Gasteiger partial charge >= 0.3 is 0 Å². The molecule has 21 heavy (non-hydrogen) atoms. The van der Waals surface area contributed by atoms with Crippen LogP contribution in [-0.4, -0.2) is 5.11 Å². The van der Waals surface area contributed by atoms with Crippen LogP contribution in [0.15, 0.2) is 53.9 Å². The standard InChI is InChI=1S/C16H14ClNOS2/c17-15-8-7-14(21-15)16(13-2-1-9-20-13)18-10-11-3-5-12(19)6-4-11/h1-9,16,18-19H,10H2. The van der Waals surface area contributed by atoms with Crippen LogP contribution in [0.25, 0.3) is 0 Å². The lowest BCUT2D eigenvalue weighted by Crippen LogP contribution is -2.20. The van der Waals surface area contributed by atoms with E-state index in [1.165, 1.54) is 9.75 Å². The fourth-order valence-electron chi connectivity index (χ4n) is 2.11. The van der Waals surface area contributed by atoms with Crippen LogP contribution in [0.2, 0.25) is 4.34 Å². The highest BCUT2D eigenvalue weighted by Crippen LogP contribution is 2.33. The van der Waals surface area contributed by atoms with Gasteiger partial charge in [0.1, 0.15) is 5.75 Å². The van der Waals surface area contributed by atoms with Crippen LogP contribution >= 0.6 is 34.3 Å². The minimum Gasteiger partial charge on any atom is -0.508 e. The van der Waals surface area contributed by atoms with Gasteiger partial charge in [-0.3, -0.25) is 0 Å². The van der Waals surface area contributed by atoms with Gasteiger partial charge in [-0.05, 0) is 41.3 Å². The van der Waals surface area contributed by atoms with Crippen LogP contribution in [0.5, 0.6) is 5.75 Å². The summed E-state index contributed by atoms with van der Waals surface area (Å²) in [4.78, 5) is 2.48. The van der Waals surface area contributed by atoms with Crippen LogP contribution < -0.4 is 5.32 Å². The number of hydrogen-bond acceptors (Lipinski definition) is 4. The first-order chi connectivity index (χ1) is 10.2. The Bertz CT molecular complexity index is 691. The van der Waals surface area contributed by atoms with Crippen LogP contribution in [0.3, 0.4) is 0 Å². The zero-order valence-corrected chi connectivity index (χ0v) is 13.5. The van der Waals surface area contributed by atoms with Gasteiger partial charge in [0.25, 0.3) is 0 Å². The predicted molar refractivity (Wildman–Crippen MR) is 90.4 cm³/mol. The molecule has 2 nitrogen and oxygen atoms in total. The fourth-order valence-corrected chi connectivity index (χ4v) is 4.16. The lowest BCUT2D eigenvalue weighted by Gasteiger charge is -2.16. The van der Waals surface area contributed by atoms with E-state index in [2.05, 4.69) is 28.9 Å². The van der Waals surface area contributed by atoms with Crippen molar-refractivity contribution < 1.29 is 5.11 Å². The molecule has 3 aromatic rings. The summed E-state index contributed by atoms with van der Waals surface area (Å²) in [5.41, 5.74) is 1.14. The van der Waals surface area contributed by atoms with E-state index >= 15 is 0 Å². The van der Waals surface area contributed by atoms with Gasteiger partial charge in [0, 0.05) is 16.3 Å². The molecule has 2 heterocycles.